The highest BCUT2D eigenvalue weighted by Crippen LogP contribution is 2.37. The third kappa shape index (κ3) is 5.69. The molecular weight excluding hydrogens is 592 g/mol. The fraction of sp³-hybridized carbons (Fsp3) is 0.263. The number of halogens is 3. The number of thiocarbonyl (C=S) groups is 1. The zero-order chi connectivity index (χ0) is 21.0. The van der Waals surface area contributed by atoms with Crippen LogP contribution >= 0.6 is 60.0 Å². The molecular formula is C19H17Br3N2O4S. The molecule has 1 saturated heterocycles. The molecule has 2 aromatic rings. The first-order valence-electron chi connectivity index (χ1n) is 8.58. The average Bonchev–Trinajstić information content (AvgIpc) is 3.20. The molecule has 1 aromatic carbocycles. The maximum atomic E-state index is 12.5. The lowest BCUT2D eigenvalue weighted by Gasteiger charge is -2.12. The molecule has 1 aliphatic heterocycles. The maximum absolute atomic E-state index is 12.5. The summed E-state index contributed by atoms with van der Waals surface area (Å²) in [5.41, 5.74) is 0.382. The summed E-state index contributed by atoms with van der Waals surface area (Å²) in [6.45, 7) is 1.31. The zero-order valence-corrected chi connectivity index (χ0v) is 20.9. The second-order valence-electron chi connectivity index (χ2n) is 6.08. The summed E-state index contributed by atoms with van der Waals surface area (Å²) in [7, 11) is 1.63. The molecule has 1 N–H and O–H groups in total. The van der Waals surface area contributed by atoms with Crippen LogP contribution in [0.5, 0.6) is 5.75 Å². The van der Waals surface area contributed by atoms with Gasteiger partial charge in [0.2, 0.25) is 0 Å². The van der Waals surface area contributed by atoms with Gasteiger partial charge in [-0.15, -0.1) is 0 Å². The molecule has 0 radical (unpaired) electrons. The molecule has 0 aliphatic carbocycles. The van der Waals surface area contributed by atoms with Crippen molar-refractivity contribution in [2.45, 2.75) is 13.0 Å². The van der Waals surface area contributed by atoms with Crippen molar-refractivity contribution in [3.63, 3.8) is 0 Å². The molecule has 10 heteroatoms. The van der Waals surface area contributed by atoms with Crippen molar-refractivity contribution in [2.75, 3.05) is 20.3 Å². The Morgan fingerprint density at radius 2 is 1.97 bits per heavy atom. The lowest BCUT2D eigenvalue weighted by molar-refractivity contribution is -0.122. The van der Waals surface area contributed by atoms with Gasteiger partial charge < -0.3 is 19.2 Å². The first-order valence-corrected chi connectivity index (χ1v) is 11.4. The highest BCUT2D eigenvalue weighted by atomic mass is 79.9. The van der Waals surface area contributed by atoms with Gasteiger partial charge in [-0.05, 0) is 74.8 Å². The molecule has 1 aliphatic rings. The second kappa shape index (κ2) is 10.2. The van der Waals surface area contributed by atoms with E-state index >= 15 is 0 Å². The smallest absolute Gasteiger partial charge is 0.276 e. The minimum absolute atomic E-state index is 0.178. The van der Waals surface area contributed by atoms with Crippen LogP contribution in [0.1, 0.15) is 17.9 Å². The van der Waals surface area contributed by atoms with Gasteiger partial charge in [-0.25, -0.2) is 0 Å². The average molecular weight is 609 g/mol. The molecule has 0 saturated carbocycles. The summed E-state index contributed by atoms with van der Waals surface area (Å²) in [5.74, 6) is 1.66. The van der Waals surface area contributed by atoms with Crippen molar-refractivity contribution in [3.8, 4) is 5.75 Å². The number of methoxy groups -OCH3 is 1. The van der Waals surface area contributed by atoms with Gasteiger partial charge in [0.15, 0.2) is 5.11 Å². The fourth-order valence-electron chi connectivity index (χ4n) is 2.64. The Morgan fingerprint density at radius 3 is 2.66 bits per heavy atom. The molecule has 1 amide bonds. The van der Waals surface area contributed by atoms with E-state index in [1.807, 2.05) is 12.1 Å². The number of hydrogen-bond acceptors (Lipinski definition) is 5. The number of nitrogens with one attached hydrogen (secondary N) is 1. The van der Waals surface area contributed by atoms with E-state index in [0.717, 1.165) is 13.4 Å². The Hall–Kier alpha value is -1.20. The molecule has 1 aromatic heterocycles. The predicted molar refractivity (Wildman–Crippen MR) is 124 cm³/mol. The number of ether oxygens (including phenoxy) is 2. The largest absolute Gasteiger partial charge is 0.483 e. The van der Waals surface area contributed by atoms with E-state index in [1.54, 1.807) is 25.3 Å². The van der Waals surface area contributed by atoms with E-state index in [0.29, 0.717) is 47.7 Å². The van der Waals surface area contributed by atoms with E-state index in [9.17, 15) is 4.79 Å². The van der Waals surface area contributed by atoms with E-state index < -0.39 is 0 Å². The second-order valence-corrected chi connectivity index (χ2v) is 9.09. The summed E-state index contributed by atoms with van der Waals surface area (Å²) in [6, 6.07) is 7.39. The van der Waals surface area contributed by atoms with Crippen molar-refractivity contribution in [2.24, 2.45) is 0 Å². The first-order chi connectivity index (χ1) is 13.9. The first kappa shape index (κ1) is 22.5. The lowest BCUT2D eigenvalue weighted by Crippen LogP contribution is -2.32. The van der Waals surface area contributed by atoms with Gasteiger partial charge in [0.1, 0.15) is 29.6 Å². The Kier molecular flexibility index (Phi) is 7.92. The topological polar surface area (TPSA) is 63.9 Å². The molecule has 2 heterocycles. The summed E-state index contributed by atoms with van der Waals surface area (Å²) >= 11 is 15.6. The van der Waals surface area contributed by atoms with Gasteiger partial charge in [-0.2, -0.15) is 0 Å². The third-order valence-electron chi connectivity index (χ3n) is 3.98. The van der Waals surface area contributed by atoms with Gasteiger partial charge in [0.25, 0.3) is 5.91 Å². The normalized spacial score (nSPS) is 15.3. The van der Waals surface area contributed by atoms with Crippen LogP contribution < -0.4 is 10.1 Å². The van der Waals surface area contributed by atoms with Crippen LogP contribution in [0.15, 0.2) is 47.8 Å². The molecule has 0 atom stereocenters. The quantitative estimate of drug-likeness (QED) is 0.251. The number of benzene rings is 1. The predicted octanol–water partition coefficient (Wildman–Crippen LogP) is 5.24. The SMILES string of the molecule is COCCCN1C(=O)/C(=C\c2ccc(COc3c(Br)cc(Br)cc3Br)o2)NC1=S. The minimum atomic E-state index is -0.178. The highest BCUT2D eigenvalue weighted by Gasteiger charge is 2.30. The number of furan rings is 1. The number of carbonyl (C=O) groups is 1. The van der Waals surface area contributed by atoms with Crippen LogP contribution in [0.4, 0.5) is 0 Å². The molecule has 29 heavy (non-hydrogen) atoms. The zero-order valence-electron chi connectivity index (χ0n) is 15.3. The Labute approximate surface area is 199 Å². The summed E-state index contributed by atoms with van der Waals surface area (Å²) < 4.78 is 19.2. The van der Waals surface area contributed by atoms with Crippen LogP contribution in [0.3, 0.4) is 0 Å². The summed E-state index contributed by atoms with van der Waals surface area (Å²) in [6.07, 6.45) is 2.35. The maximum Gasteiger partial charge on any atom is 0.276 e. The Bertz CT molecular complexity index is 938. The van der Waals surface area contributed by atoms with Gasteiger partial charge in [-0.1, -0.05) is 15.9 Å². The van der Waals surface area contributed by atoms with Crippen LogP contribution in [-0.4, -0.2) is 36.2 Å². The molecule has 0 unspecified atom stereocenters. The van der Waals surface area contributed by atoms with Crippen LogP contribution in [0.25, 0.3) is 6.08 Å². The van der Waals surface area contributed by atoms with Crippen molar-refractivity contribution >= 4 is 77.1 Å². The highest BCUT2D eigenvalue weighted by molar-refractivity contribution is 9.11. The van der Waals surface area contributed by atoms with Crippen LogP contribution in [-0.2, 0) is 16.1 Å². The van der Waals surface area contributed by atoms with Gasteiger partial charge in [-0.3, -0.25) is 9.69 Å². The van der Waals surface area contributed by atoms with Gasteiger partial charge in [0, 0.05) is 30.8 Å². The van der Waals surface area contributed by atoms with E-state index in [-0.39, 0.29) is 12.5 Å². The third-order valence-corrected chi connectivity index (χ3v) is 5.94. The standard InChI is InChI=1S/C19H17Br3N2O4S/c1-26-6-2-5-24-18(25)16(23-19(24)29)9-12-3-4-13(28-12)10-27-17-14(21)7-11(20)8-15(17)22/h3-4,7-9H,2,5-6,10H2,1H3,(H,23,29)/b16-9+. The molecule has 0 bridgehead atoms. The van der Waals surface area contributed by atoms with Crippen molar-refractivity contribution in [1.29, 1.82) is 0 Å². The molecule has 0 spiro atoms. The van der Waals surface area contributed by atoms with Crippen LogP contribution in [0, 0.1) is 0 Å². The number of nitrogens with zero attached hydrogens (tertiary/aromatic N) is 1. The molecule has 3 rings (SSSR count). The lowest BCUT2D eigenvalue weighted by atomic mass is 10.3. The Morgan fingerprint density at radius 1 is 1.24 bits per heavy atom. The minimum Gasteiger partial charge on any atom is -0.483 e. The van der Waals surface area contributed by atoms with Crippen molar-refractivity contribution < 1.29 is 18.7 Å². The summed E-state index contributed by atoms with van der Waals surface area (Å²) in [4.78, 5) is 14.0. The fourth-order valence-corrected chi connectivity index (χ4v) is 5.42. The van der Waals surface area contributed by atoms with Crippen molar-refractivity contribution in [3.05, 3.63) is 54.9 Å². The van der Waals surface area contributed by atoms with E-state index in [4.69, 9.17) is 26.1 Å². The molecule has 6 nitrogen and oxygen atoms in total. The number of carbonyl (C=O) groups excluding carboxylic acids is 1. The monoisotopic (exact) mass is 606 g/mol. The number of hydrogen-bond donors (Lipinski definition) is 1. The van der Waals surface area contributed by atoms with Crippen molar-refractivity contribution in [1.82, 2.24) is 10.2 Å². The van der Waals surface area contributed by atoms with E-state index in [2.05, 4.69) is 53.1 Å². The van der Waals surface area contributed by atoms with Crippen LogP contribution in [0.2, 0.25) is 0 Å². The van der Waals surface area contributed by atoms with E-state index in [1.165, 1.54) is 4.90 Å². The molecule has 154 valence electrons. The van der Waals surface area contributed by atoms with Gasteiger partial charge >= 0.3 is 0 Å². The van der Waals surface area contributed by atoms with Gasteiger partial charge in [0.05, 0.1) is 8.95 Å². The summed E-state index contributed by atoms with van der Waals surface area (Å²) in [5, 5.41) is 3.32. The Balaban J connectivity index is 1.64. The number of rotatable bonds is 8. The molecule has 1 fully saturated rings. The number of amides is 1.